The lowest BCUT2D eigenvalue weighted by molar-refractivity contribution is -0.127. The van der Waals surface area contributed by atoms with Crippen molar-refractivity contribution in [2.75, 3.05) is 26.7 Å². The van der Waals surface area contributed by atoms with Crippen LogP contribution in [0.15, 0.2) is 0 Å². The van der Waals surface area contributed by atoms with Gasteiger partial charge in [0.15, 0.2) is 0 Å². The molecule has 0 spiro atoms. The summed E-state index contributed by atoms with van der Waals surface area (Å²) in [4.78, 5) is 15.6. The van der Waals surface area contributed by atoms with Gasteiger partial charge in [-0.1, -0.05) is 0 Å². The van der Waals surface area contributed by atoms with Gasteiger partial charge in [-0.15, -0.1) is 0 Å². The molecule has 1 rings (SSSR count). The summed E-state index contributed by atoms with van der Waals surface area (Å²) in [5.74, 6) is 0.0501. The van der Waals surface area contributed by atoms with E-state index in [2.05, 4.69) is 31.9 Å². The first kappa shape index (κ1) is 13.0. The van der Waals surface area contributed by atoms with Crippen LogP contribution in [0, 0.1) is 17.2 Å². The highest BCUT2D eigenvalue weighted by Gasteiger charge is 2.28. The van der Waals surface area contributed by atoms with Crippen molar-refractivity contribution in [1.29, 1.82) is 5.26 Å². The Morgan fingerprint density at radius 3 is 2.81 bits per heavy atom. The van der Waals surface area contributed by atoms with Gasteiger partial charge in [-0.3, -0.25) is 4.79 Å². The molecule has 0 saturated carbocycles. The van der Waals surface area contributed by atoms with Crippen LogP contribution in [0.4, 0.5) is 0 Å². The van der Waals surface area contributed by atoms with E-state index >= 15 is 0 Å². The van der Waals surface area contributed by atoms with Crippen LogP contribution in [-0.2, 0) is 4.79 Å². The molecule has 90 valence electrons. The molecular formula is C12H21N3O. The molecule has 16 heavy (non-hydrogen) atoms. The van der Waals surface area contributed by atoms with Crippen LogP contribution in [-0.4, -0.2) is 48.4 Å². The lowest BCUT2D eigenvalue weighted by Gasteiger charge is -2.22. The number of carbonyl (C=O) groups is 1. The van der Waals surface area contributed by atoms with Crippen molar-refractivity contribution < 1.29 is 4.79 Å². The van der Waals surface area contributed by atoms with E-state index in [0.29, 0.717) is 19.0 Å². The summed E-state index contributed by atoms with van der Waals surface area (Å²) in [5.41, 5.74) is 0. The SMILES string of the molecule is CC(C)N(C)CCCN1CC(C#N)CC1=O. The van der Waals surface area contributed by atoms with Gasteiger partial charge in [0.2, 0.25) is 5.91 Å². The first-order chi connectivity index (χ1) is 7.54. The molecule has 1 atom stereocenters. The number of likely N-dealkylation sites (tertiary alicyclic amines) is 1. The molecule has 4 nitrogen and oxygen atoms in total. The summed E-state index contributed by atoms with van der Waals surface area (Å²) >= 11 is 0. The summed E-state index contributed by atoms with van der Waals surface area (Å²) in [6.45, 7) is 6.73. The molecule has 0 aromatic carbocycles. The van der Waals surface area contributed by atoms with Crippen molar-refractivity contribution in [3.8, 4) is 6.07 Å². The van der Waals surface area contributed by atoms with Gasteiger partial charge >= 0.3 is 0 Å². The number of nitrogens with zero attached hydrogens (tertiary/aromatic N) is 3. The number of rotatable bonds is 5. The lowest BCUT2D eigenvalue weighted by atomic mass is 10.1. The topological polar surface area (TPSA) is 47.3 Å². The molecule has 4 heteroatoms. The molecule has 1 aliphatic heterocycles. The standard InChI is InChI=1S/C12H21N3O/c1-10(2)14(3)5-4-6-15-9-11(8-13)7-12(15)16/h10-11H,4-7,9H2,1-3H3. The average molecular weight is 223 g/mol. The van der Waals surface area contributed by atoms with Crippen LogP contribution < -0.4 is 0 Å². The Balaban J connectivity index is 2.24. The number of hydrogen-bond donors (Lipinski definition) is 0. The zero-order valence-corrected chi connectivity index (χ0v) is 10.4. The van der Waals surface area contributed by atoms with Crippen molar-refractivity contribution in [2.24, 2.45) is 5.92 Å². The molecule has 1 saturated heterocycles. The van der Waals surface area contributed by atoms with Crippen LogP contribution in [0.1, 0.15) is 26.7 Å². The number of amides is 1. The van der Waals surface area contributed by atoms with E-state index in [1.165, 1.54) is 0 Å². The Morgan fingerprint density at radius 2 is 2.31 bits per heavy atom. The molecule has 0 aromatic heterocycles. The van der Waals surface area contributed by atoms with E-state index in [1.807, 2.05) is 4.90 Å². The molecule has 0 aromatic rings. The van der Waals surface area contributed by atoms with Crippen molar-refractivity contribution >= 4 is 5.91 Å². The summed E-state index contributed by atoms with van der Waals surface area (Å²) < 4.78 is 0. The van der Waals surface area contributed by atoms with Crippen molar-refractivity contribution in [1.82, 2.24) is 9.80 Å². The second-order valence-corrected chi connectivity index (χ2v) is 4.80. The van der Waals surface area contributed by atoms with Crippen LogP contribution in [0.3, 0.4) is 0 Å². The summed E-state index contributed by atoms with van der Waals surface area (Å²) in [7, 11) is 2.09. The summed E-state index contributed by atoms with van der Waals surface area (Å²) in [5, 5.41) is 8.75. The van der Waals surface area contributed by atoms with Crippen molar-refractivity contribution in [3.63, 3.8) is 0 Å². The second kappa shape index (κ2) is 5.86. The van der Waals surface area contributed by atoms with E-state index in [4.69, 9.17) is 5.26 Å². The molecule has 1 fully saturated rings. The lowest BCUT2D eigenvalue weighted by Crippen LogP contribution is -2.32. The average Bonchev–Trinajstić information content (AvgIpc) is 2.59. The quantitative estimate of drug-likeness (QED) is 0.701. The molecule has 0 N–H and O–H groups in total. The Hall–Kier alpha value is -1.08. The minimum absolute atomic E-state index is 0.0877. The van der Waals surface area contributed by atoms with Crippen molar-refractivity contribution in [2.45, 2.75) is 32.7 Å². The maximum atomic E-state index is 11.5. The van der Waals surface area contributed by atoms with Crippen LogP contribution in [0.25, 0.3) is 0 Å². The highest BCUT2D eigenvalue weighted by Crippen LogP contribution is 2.16. The monoisotopic (exact) mass is 223 g/mol. The van der Waals surface area contributed by atoms with E-state index in [-0.39, 0.29) is 11.8 Å². The normalized spacial score (nSPS) is 20.9. The van der Waals surface area contributed by atoms with E-state index < -0.39 is 0 Å². The Bertz CT molecular complexity index is 282. The van der Waals surface area contributed by atoms with Crippen molar-refractivity contribution in [3.05, 3.63) is 0 Å². The van der Waals surface area contributed by atoms with E-state index in [1.54, 1.807) is 0 Å². The van der Waals surface area contributed by atoms with E-state index in [0.717, 1.165) is 19.5 Å². The highest BCUT2D eigenvalue weighted by molar-refractivity contribution is 5.79. The molecule has 0 aliphatic carbocycles. The third kappa shape index (κ3) is 3.49. The fourth-order valence-corrected chi connectivity index (χ4v) is 1.84. The third-order valence-corrected chi connectivity index (χ3v) is 3.22. The zero-order chi connectivity index (χ0) is 12.1. The molecular weight excluding hydrogens is 202 g/mol. The number of carbonyl (C=O) groups excluding carboxylic acids is 1. The first-order valence-electron chi connectivity index (χ1n) is 5.92. The van der Waals surface area contributed by atoms with Gasteiger partial charge in [0.1, 0.15) is 0 Å². The molecule has 1 amide bonds. The number of hydrogen-bond acceptors (Lipinski definition) is 3. The summed E-state index contributed by atoms with van der Waals surface area (Å²) in [6, 6.07) is 2.71. The fraction of sp³-hybridized carbons (Fsp3) is 0.833. The smallest absolute Gasteiger partial charge is 0.224 e. The van der Waals surface area contributed by atoms with Crippen LogP contribution in [0.2, 0.25) is 0 Å². The third-order valence-electron chi connectivity index (χ3n) is 3.22. The van der Waals surface area contributed by atoms with Gasteiger partial charge < -0.3 is 9.80 Å². The fourth-order valence-electron chi connectivity index (χ4n) is 1.84. The molecule has 0 bridgehead atoms. The highest BCUT2D eigenvalue weighted by atomic mass is 16.2. The van der Waals surface area contributed by atoms with Crippen LogP contribution >= 0.6 is 0 Å². The maximum Gasteiger partial charge on any atom is 0.224 e. The predicted octanol–water partition coefficient (Wildman–Crippen LogP) is 1.09. The summed E-state index contributed by atoms with van der Waals surface area (Å²) in [6.07, 6.45) is 1.40. The van der Waals surface area contributed by atoms with Crippen LogP contribution in [0.5, 0.6) is 0 Å². The van der Waals surface area contributed by atoms with Gasteiger partial charge in [-0.05, 0) is 33.9 Å². The first-order valence-corrected chi connectivity index (χ1v) is 5.92. The van der Waals surface area contributed by atoms with Gasteiger partial charge in [0.05, 0.1) is 12.0 Å². The maximum absolute atomic E-state index is 11.5. The predicted molar refractivity (Wildman–Crippen MR) is 62.7 cm³/mol. The molecule has 1 heterocycles. The van der Waals surface area contributed by atoms with Gasteiger partial charge in [0.25, 0.3) is 0 Å². The molecule has 0 radical (unpaired) electrons. The Labute approximate surface area is 97.8 Å². The zero-order valence-electron chi connectivity index (χ0n) is 10.4. The van der Waals surface area contributed by atoms with E-state index in [9.17, 15) is 4.79 Å². The van der Waals surface area contributed by atoms with Gasteiger partial charge in [-0.25, -0.2) is 0 Å². The second-order valence-electron chi connectivity index (χ2n) is 4.80. The number of nitriles is 1. The minimum Gasteiger partial charge on any atom is -0.341 e. The Kier molecular flexibility index (Phi) is 4.75. The molecule has 1 unspecified atom stereocenters. The molecule has 1 aliphatic rings. The Morgan fingerprint density at radius 1 is 1.62 bits per heavy atom. The van der Waals surface area contributed by atoms with Gasteiger partial charge in [-0.2, -0.15) is 5.26 Å². The minimum atomic E-state index is -0.0877. The van der Waals surface area contributed by atoms with Gasteiger partial charge in [0, 0.05) is 25.6 Å². The largest absolute Gasteiger partial charge is 0.341 e.